The molecule has 1 rings (SSSR count). The van der Waals surface area contributed by atoms with Crippen molar-refractivity contribution in [3.05, 3.63) is 29.8 Å². The lowest BCUT2D eigenvalue weighted by molar-refractivity contribution is 0.472. The number of phenolic OH excluding ortho intramolecular Hbond substituents is 1. The summed E-state index contributed by atoms with van der Waals surface area (Å²) in [4.78, 5) is 0. The zero-order valence-electron chi connectivity index (χ0n) is 9.62. The molecule has 80 valence electrons. The van der Waals surface area contributed by atoms with E-state index in [4.69, 9.17) is 0 Å². The molecule has 0 radical (unpaired) electrons. The van der Waals surface area contributed by atoms with Gasteiger partial charge in [0.15, 0.2) is 0 Å². The fourth-order valence-electron chi connectivity index (χ4n) is 1.48. The third-order valence-corrected chi connectivity index (χ3v) is 2.65. The Morgan fingerprint density at radius 3 is 2.67 bits per heavy atom. The third-order valence-electron chi connectivity index (χ3n) is 2.65. The number of aromatic hydroxyl groups is 1. The summed E-state index contributed by atoms with van der Waals surface area (Å²) in [7, 11) is 0. The van der Waals surface area contributed by atoms with Crippen LogP contribution in [-0.2, 0) is 0 Å². The van der Waals surface area contributed by atoms with Crippen LogP contribution in [0.5, 0.6) is 5.75 Å². The van der Waals surface area contributed by atoms with Crippen LogP contribution in [0.4, 0.5) is 0 Å². The van der Waals surface area contributed by atoms with Gasteiger partial charge in [-0.3, -0.25) is 0 Å². The van der Waals surface area contributed by atoms with Gasteiger partial charge in [-0.1, -0.05) is 38.8 Å². The van der Waals surface area contributed by atoms with Crippen LogP contribution in [0.1, 0.15) is 38.7 Å². The van der Waals surface area contributed by atoms with E-state index in [9.17, 15) is 5.11 Å². The molecule has 1 heteroatoms. The molecule has 0 saturated carbocycles. The van der Waals surface area contributed by atoms with Gasteiger partial charge in [-0.25, -0.2) is 0 Å². The molecule has 1 aromatic carbocycles. The maximum atomic E-state index is 9.38. The van der Waals surface area contributed by atoms with Gasteiger partial charge in [0.05, 0.1) is 0 Å². The van der Waals surface area contributed by atoms with Crippen LogP contribution in [0.25, 0.3) is 0 Å². The highest BCUT2D eigenvalue weighted by atomic mass is 16.3. The lowest BCUT2D eigenvalue weighted by atomic mass is 9.89. The van der Waals surface area contributed by atoms with Crippen molar-refractivity contribution in [3.8, 4) is 17.6 Å². The van der Waals surface area contributed by atoms with Crippen LogP contribution in [0.15, 0.2) is 24.3 Å². The molecule has 1 N–H and O–H groups in total. The van der Waals surface area contributed by atoms with Gasteiger partial charge in [0.2, 0.25) is 0 Å². The predicted octanol–water partition coefficient (Wildman–Crippen LogP) is 3.55. The maximum absolute atomic E-state index is 9.38. The zero-order chi connectivity index (χ0) is 11.3. The average Bonchev–Trinajstić information content (AvgIpc) is 2.24. The van der Waals surface area contributed by atoms with E-state index in [2.05, 4.69) is 32.6 Å². The summed E-state index contributed by atoms with van der Waals surface area (Å²) in [5, 5.41) is 9.38. The Hall–Kier alpha value is -1.42. The monoisotopic (exact) mass is 202 g/mol. The summed E-state index contributed by atoms with van der Waals surface area (Å²) in [5.74, 6) is 7.33. The van der Waals surface area contributed by atoms with Crippen molar-refractivity contribution in [3.63, 3.8) is 0 Å². The topological polar surface area (TPSA) is 20.2 Å². The molecule has 0 heterocycles. The first kappa shape index (κ1) is 11.7. The second kappa shape index (κ2) is 5.46. The Morgan fingerprint density at radius 1 is 1.33 bits per heavy atom. The van der Waals surface area contributed by atoms with E-state index < -0.39 is 0 Å². The number of phenols is 1. The van der Waals surface area contributed by atoms with Crippen molar-refractivity contribution in [2.45, 2.75) is 33.1 Å². The quantitative estimate of drug-likeness (QED) is 0.727. The number of hydrogen-bond donors (Lipinski definition) is 1. The predicted molar refractivity (Wildman–Crippen MR) is 63.8 cm³/mol. The fraction of sp³-hybridized carbons (Fsp3) is 0.429. The zero-order valence-corrected chi connectivity index (χ0v) is 9.62. The van der Waals surface area contributed by atoms with E-state index in [0.717, 1.165) is 12.0 Å². The normalized spacial score (nSPS) is 13.8. The Kier molecular flexibility index (Phi) is 4.24. The minimum Gasteiger partial charge on any atom is -0.508 e. The fourth-order valence-corrected chi connectivity index (χ4v) is 1.48. The second-order valence-electron chi connectivity index (χ2n) is 3.85. The van der Waals surface area contributed by atoms with Crippen molar-refractivity contribution < 1.29 is 5.11 Å². The molecule has 2 atom stereocenters. The highest BCUT2D eigenvalue weighted by Gasteiger charge is 2.12. The summed E-state index contributed by atoms with van der Waals surface area (Å²) in [6, 6.07) is 7.42. The van der Waals surface area contributed by atoms with E-state index in [0.29, 0.717) is 17.6 Å². The summed E-state index contributed by atoms with van der Waals surface area (Å²) >= 11 is 0. The summed E-state index contributed by atoms with van der Waals surface area (Å²) in [6.07, 6.45) is 0.900. The number of rotatable bonds is 2. The van der Waals surface area contributed by atoms with Gasteiger partial charge in [-0.15, -0.1) is 5.92 Å². The van der Waals surface area contributed by atoms with Crippen molar-refractivity contribution in [2.24, 2.45) is 5.92 Å². The molecule has 0 spiro atoms. The molecule has 0 aliphatic heterocycles. The molecule has 0 saturated heterocycles. The van der Waals surface area contributed by atoms with Crippen LogP contribution >= 0.6 is 0 Å². The van der Waals surface area contributed by atoms with Gasteiger partial charge in [0, 0.05) is 12.3 Å². The standard InChI is InChI=1S/C14H18O/c1-4-5-7-11(2)12(3)13-8-6-9-14(15)10-13/h6,8-12,15H,4H2,1-3H3. The first-order chi connectivity index (χ1) is 7.15. The van der Waals surface area contributed by atoms with Gasteiger partial charge < -0.3 is 5.11 Å². The van der Waals surface area contributed by atoms with Crippen LogP contribution in [0.2, 0.25) is 0 Å². The number of benzene rings is 1. The van der Waals surface area contributed by atoms with Crippen molar-refractivity contribution in [1.29, 1.82) is 0 Å². The average molecular weight is 202 g/mol. The molecular formula is C14H18O. The Bertz CT molecular complexity index is 370. The number of hydrogen-bond acceptors (Lipinski definition) is 1. The molecule has 0 aliphatic carbocycles. The van der Waals surface area contributed by atoms with Crippen LogP contribution in [0, 0.1) is 17.8 Å². The molecule has 15 heavy (non-hydrogen) atoms. The van der Waals surface area contributed by atoms with E-state index in [1.807, 2.05) is 18.2 Å². The largest absolute Gasteiger partial charge is 0.508 e. The van der Waals surface area contributed by atoms with E-state index in [-0.39, 0.29) is 0 Å². The molecular weight excluding hydrogens is 184 g/mol. The van der Waals surface area contributed by atoms with E-state index in [1.54, 1.807) is 6.07 Å². The first-order valence-corrected chi connectivity index (χ1v) is 5.42. The summed E-state index contributed by atoms with van der Waals surface area (Å²) < 4.78 is 0. The van der Waals surface area contributed by atoms with E-state index in [1.165, 1.54) is 0 Å². The lowest BCUT2D eigenvalue weighted by Gasteiger charge is -2.15. The lowest BCUT2D eigenvalue weighted by Crippen LogP contribution is -2.03. The highest BCUT2D eigenvalue weighted by molar-refractivity contribution is 5.30. The molecule has 0 aliphatic rings. The second-order valence-corrected chi connectivity index (χ2v) is 3.85. The van der Waals surface area contributed by atoms with Crippen LogP contribution < -0.4 is 0 Å². The third kappa shape index (κ3) is 3.32. The van der Waals surface area contributed by atoms with Crippen LogP contribution in [-0.4, -0.2) is 5.11 Å². The minimum atomic E-state index is 0.326. The molecule has 2 unspecified atom stereocenters. The van der Waals surface area contributed by atoms with Gasteiger partial charge in [-0.2, -0.15) is 0 Å². The molecule has 0 bridgehead atoms. The maximum Gasteiger partial charge on any atom is 0.115 e. The molecule has 0 fully saturated rings. The molecule has 1 aromatic rings. The van der Waals surface area contributed by atoms with Gasteiger partial charge in [0.1, 0.15) is 5.75 Å². The summed E-state index contributed by atoms with van der Waals surface area (Å²) in [6.45, 7) is 6.32. The van der Waals surface area contributed by atoms with E-state index >= 15 is 0 Å². The van der Waals surface area contributed by atoms with Crippen molar-refractivity contribution in [1.82, 2.24) is 0 Å². The Balaban J connectivity index is 2.80. The van der Waals surface area contributed by atoms with Gasteiger partial charge in [0.25, 0.3) is 0 Å². The van der Waals surface area contributed by atoms with Crippen molar-refractivity contribution in [2.75, 3.05) is 0 Å². The highest BCUT2D eigenvalue weighted by Crippen LogP contribution is 2.25. The Morgan fingerprint density at radius 2 is 2.07 bits per heavy atom. The Labute approximate surface area is 92.1 Å². The molecule has 1 nitrogen and oxygen atoms in total. The van der Waals surface area contributed by atoms with Gasteiger partial charge >= 0.3 is 0 Å². The van der Waals surface area contributed by atoms with Crippen molar-refractivity contribution >= 4 is 0 Å². The summed E-state index contributed by atoms with van der Waals surface area (Å²) in [5.41, 5.74) is 1.15. The smallest absolute Gasteiger partial charge is 0.115 e. The SMILES string of the molecule is CCC#CC(C)C(C)c1cccc(O)c1. The molecule has 0 aromatic heterocycles. The minimum absolute atomic E-state index is 0.326. The first-order valence-electron chi connectivity index (χ1n) is 5.42. The molecule has 0 amide bonds. The van der Waals surface area contributed by atoms with Crippen LogP contribution in [0.3, 0.4) is 0 Å². The van der Waals surface area contributed by atoms with Gasteiger partial charge in [-0.05, 0) is 23.6 Å².